The number of pyridine rings is 1. The first-order valence-corrected chi connectivity index (χ1v) is 8.67. The maximum Gasteiger partial charge on any atom is 0.421 e. The zero-order valence-electron chi connectivity index (χ0n) is 12.9. The first-order chi connectivity index (χ1) is 12.1. The average Bonchev–Trinajstić information content (AvgIpc) is 2.52. The standard InChI is InChI=1S/C15H11F5N2O3S/c16-9-3-4-12(17)13(6-9)26(23,24)22-7-10(8-22)25-14-11(15(18,19)20)2-1-5-21-14/h1-6,10H,7-8H2. The summed E-state index contributed by atoms with van der Waals surface area (Å²) in [6.07, 6.45) is -4.46. The van der Waals surface area contributed by atoms with E-state index in [1.54, 1.807) is 0 Å². The van der Waals surface area contributed by atoms with Crippen LogP contribution < -0.4 is 4.74 Å². The highest BCUT2D eigenvalue weighted by Gasteiger charge is 2.42. The van der Waals surface area contributed by atoms with Crippen molar-refractivity contribution in [1.29, 1.82) is 0 Å². The van der Waals surface area contributed by atoms with Crippen molar-refractivity contribution in [2.24, 2.45) is 0 Å². The molecular formula is C15H11F5N2O3S. The van der Waals surface area contributed by atoms with Crippen molar-refractivity contribution in [2.75, 3.05) is 13.1 Å². The van der Waals surface area contributed by atoms with Crippen molar-refractivity contribution in [3.63, 3.8) is 0 Å². The quantitative estimate of drug-likeness (QED) is 0.749. The number of rotatable bonds is 4. The van der Waals surface area contributed by atoms with Crippen LogP contribution in [-0.4, -0.2) is 36.9 Å². The lowest BCUT2D eigenvalue weighted by Crippen LogP contribution is -2.56. The Bertz CT molecular complexity index is 927. The minimum atomic E-state index is -4.68. The highest BCUT2D eigenvalue weighted by Crippen LogP contribution is 2.36. The summed E-state index contributed by atoms with van der Waals surface area (Å²) in [6.45, 7) is -0.627. The van der Waals surface area contributed by atoms with E-state index in [1.165, 1.54) is 0 Å². The highest BCUT2D eigenvalue weighted by molar-refractivity contribution is 7.89. The topological polar surface area (TPSA) is 59.5 Å². The Kier molecular flexibility index (Phi) is 4.61. The molecule has 0 unspecified atom stereocenters. The lowest BCUT2D eigenvalue weighted by molar-refractivity contribution is -0.140. The number of nitrogens with zero attached hydrogens (tertiary/aromatic N) is 2. The summed E-state index contributed by atoms with van der Waals surface area (Å²) < 4.78 is 96.0. The number of ether oxygens (including phenoxy) is 1. The van der Waals surface area contributed by atoms with Crippen LogP contribution in [0.5, 0.6) is 5.88 Å². The summed E-state index contributed by atoms with van der Waals surface area (Å²) >= 11 is 0. The minimum absolute atomic E-state index is 0.313. The van der Waals surface area contributed by atoms with Crippen LogP contribution >= 0.6 is 0 Å². The minimum Gasteiger partial charge on any atom is -0.471 e. The molecule has 0 bridgehead atoms. The summed E-state index contributed by atoms with van der Waals surface area (Å²) in [6, 6.07) is 3.88. The second-order valence-electron chi connectivity index (χ2n) is 5.49. The van der Waals surface area contributed by atoms with Gasteiger partial charge in [-0.1, -0.05) is 0 Å². The summed E-state index contributed by atoms with van der Waals surface area (Å²) in [5.41, 5.74) is -1.09. The van der Waals surface area contributed by atoms with Crippen LogP contribution in [-0.2, 0) is 16.2 Å². The molecule has 2 aromatic rings. The largest absolute Gasteiger partial charge is 0.471 e. The second kappa shape index (κ2) is 6.47. The molecule has 0 spiro atoms. The molecule has 0 N–H and O–H groups in total. The summed E-state index contributed by atoms with van der Waals surface area (Å²) in [5.74, 6) is -2.72. The van der Waals surface area contributed by atoms with E-state index in [0.717, 1.165) is 28.7 Å². The molecule has 1 aromatic carbocycles. The Hall–Kier alpha value is -2.27. The van der Waals surface area contributed by atoms with E-state index in [9.17, 15) is 30.4 Å². The van der Waals surface area contributed by atoms with Crippen molar-refractivity contribution in [3.05, 3.63) is 53.7 Å². The molecule has 0 atom stereocenters. The normalized spacial score (nSPS) is 16.3. The van der Waals surface area contributed by atoms with Crippen LogP contribution in [0.3, 0.4) is 0 Å². The van der Waals surface area contributed by atoms with E-state index < -0.39 is 50.3 Å². The predicted octanol–water partition coefficient (Wildman–Crippen LogP) is 2.83. The van der Waals surface area contributed by atoms with E-state index in [0.29, 0.717) is 12.1 Å². The van der Waals surface area contributed by atoms with E-state index in [2.05, 4.69) is 4.98 Å². The zero-order valence-corrected chi connectivity index (χ0v) is 13.7. The van der Waals surface area contributed by atoms with Gasteiger partial charge in [0.15, 0.2) is 0 Å². The molecule has 26 heavy (non-hydrogen) atoms. The fourth-order valence-electron chi connectivity index (χ4n) is 2.34. The molecule has 2 heterocycles. The van der Waals surface area contributed by atoms with Crippen LogP contribution in [0.1, 0.15) is 5.56 Å². The van der Waals surface area contributed by atoms with Crippen molar-refractivity contribution in [3.8, 4) is 5.88 Å². The molecule has 1 aliphatic rings. The van der Waals surface area contributed by atoms with Gasteiger partial charge in [-0.05, 0) is 30.3 Å². The third-order valence-corrected chi connectivity index (χ3v) is 5.53. The fraction of sp³-hybridized carbons (Fsp3) is 0.267. The lowest BCUT2D eigenvalue weighted by atomic mass is 10.2. The second-order valence-corrected chi connectivity index (χ2v) is 7.40. The van der Waals surface area contributed by atoms with Gasteiger partial charge in [-0.2, -0.15) is 17.5 Å². The Morgan fingerprint density at radius 1 is 1.15 bits per heavy atom. The van der Waals surface area contributed by atoms with E-state index in [4.69, 9.17) is 4.74 Å². The molecule has 0 aliphatic carbocycles. The Morgan fingerprint density at radius 2 is 1.85 bits per heavy atom. The molecule has 140 valence electrons. The molecule has 0 saturated carbocycles. The van der Waals surface area contributed by atoms with E-state index in [1.807, 2.05) is 0 Å². The van der Waals surface area contributed by atoms with Gasteiger partial charge < -0.3 is 4.74 Å². The third-order valence-electron chi connectivity index (χ3n) is 3.68. The van der Waals surface area contributed by atoms with Crippen molar-refractivity contribution in [2.45, 2.75) is 17.2 Å². The van der Waals surface area contributed by atoms with E-state index in [-0.39, 0.29) is 13.1 Å². The molecule has 1 aromatic heterocycles. The molecule has 3 rings (SSSR count). The van der Waals surface area contributed by atoms with Crippen molar-refractivity contribution < 1.29 is 35.1 Å². The molecule has 11 heteroatoms. The fourth-order valence-corrected chi connectivity index (χ4v) is 3.92. The van der Waals surface area contributed by atoms with Gasteiger partial charge in [-0.3, -0.25) is 0 Å². The summed E-state index contributed by atoms with van der Waals surface area (Å²) in [4.78, 5) is 2.68. The lowest BCUT2D eigenvalue weighted by Gasteiger charge is -2.37. The molecule has 1 aliphatic heterocycles. The monoisotopic (exact) mass is 394 g/mol. The number of aromatic nitrogens is 1. The van der Waals surface area contributed by atoms with Gasteiger partial charge in [0.05, 0.1) is 13.1 Å². The number of hydrogen-bond donors (Lipinski definition) is 0. The van der Waals surface area contributed by atoms with Crippen LogP contribution in [0, 0.1) is 11.6 Å². The third kappa shape index (κ3) is 3.49. The zero-order chi connectivity index (χ0) is 19.1. The Balaban J connectivity index is 1.73. The average molecular weight is 394 g/mol. The smallest absolute Gasteiger partial charge is 0.421 e. The van der Waals surface area contributed by atoms with Crippen LogP contribution in [0.25, 0.3) is 0 Å². The molecule has 0 amide bonds. The van der Waals surface area contributed by atoms with Gasteiger partial charge in [0, 0.05) is 6.20 Å². The van der Waals surface area contributed by atoms with Gasteiger partial charge >= 0.3 is 6.18 Å². The summed E-state index contributed by atoms with van der Waals surface area (Å²) in [7, 11) is -4.32. The van der Waals surface area contributed by atoms with E-state index >= 15 is 0 Å². The van der Waals surface area contributed by atoms with Gasteiger partial charge in [-0.25, -0.2) is 22.2 Å². The Labute approximate surface area is 145 Å². The SMILES string of the molecule is O=S(=O)(c1cc(F)ccc1F)N1CC(Oc2ncccc2C(F)(F)F)C1. The van der Waals surface area contributed by atoms with Crippen molar-refractivity contribution >= 4 is 10.0 Å². The van der Waals surface area contributed by atoms with Crippen molar-refractivity contribution in [1.82, 2.24) is 9.29 Å². The molecule has 5 nitrogen and oxygen atoms in total. The first kappa shape index (κ1) is 18.5. The van der Waals surface area contributed by atoms with Gasteiger partial charge in [0.1, 0.15) is 28.2 Å². The van der Waals surface area contributed by atoms with Crippen LogP contribution in [0.4, 0.5) is 22.0 Å². The van der Waals surface area contributed by atoms with Crippen LogP contribution in [0.15, 0.2) is 41.4 Å². The molecule has 1 fully saturated rings. The Morgan fingerprint density at radius 3 is 2.50 bits per heavy atom. The number of halogens is 5. The first-order valence-electron chi connectivity index (χ1n) is 7.23. The van der Waals surface area contributed by atoms with Gasteiger partial charge in [0.2, 0.25) is 15.9 Å². The number of alkyl halides is 3. The highest BCUT2D eigenvalue weighted by atomic mass is 32.2. The number of sulfonamides is 1. The number of hydrogen-bond acceptors (Lipinski definition) is 4. The van der Waals surface area contributed by atoms with Gasteiger partial charge in [-0.15, -0.1) is 0 Å². The number of benzene rings is 1. The van der Waals surface area contributed by atoms with Gasteiger partial charge in [0.25, 0.3) is 0 Å². The maximum absolute atomic E-state index is 13.7. The summed E-state index contributed by atoms with van der Waals surface area (Å²) in [5, 5.41) is 0. The molecular weight excluding hydrogens is 383 g/mol. The molecule has 0 radical (unpaired) electrons. The predicted molar refractivity (Wildman–Crippen MR) is 78.8 cm³/mol. The van der Waals surface area contributed by atoms with Crippen LogP contribution in [0.2, 0.25) is 0 Å². The molecule has 1 saturated heterocycles. The maximum atomic E-state index is 13.7.